The fourth-order valence-corrected chi connectivity index (χ4v) is 5.22. The van der Waals surface area contributed by atoms with Crippen LogP contribution in [0.3, 0.4) is 0 Å². The molecular formula is C28H32N4O3. The van der Waals surface area contributed by atoms with E-state index >= 15 is 0 Å². The van der Waals surface area contributed by atoms with Crippen molar-refractivity contribution in [3.05, 3.63) is 70.5 Å². The Morgan fingerprint density at radius 1 is 0.943 bits per heavy atom. The van der Waals surface area contributed by atoms with E-state index in [9.17, 15) is 14.7 Å². The second-order valence-electron chi connectivity index (χ2n) is 9.49. The second-order valence-corrected chi connectivity index (χ2v) is 9.49. The maximum Gasteiger partial charge on any atom is 0.277 e. The van der Waals surface area contributed by atoms with Gasteiger partial charge in [-0.3, -0.25) is 9.59 Å². The van der Waals surface area contributed by atoms with Gasteiger partial charge in [0.05, 0.1) is 17.5 Å². The number of benzene rings is 2. The minimum Gasteiger partial charge on any atom is -0.387 e. The van der Waals surface area contributed by atoms with Crippen molar-refractivity contribution in [2.45, 2.75) is 59.0 Å². The predicted molar refractivity (Wildman–Crippen MR) is 136 cm³/mol. The van der Waals surface area contributed by atoms with Crippen molar-refractivity contribution in [1.29, 1.82) is 0 Å². The fourth-order valence-electron chi connectivity index (χ4n) is 5.22. The molecule has 7 heteroatoms. The summed E-state index contributed by atoms with van der Waals surface area (Å²) in [4.78, 5) is 29.7. The van der Waals surface area contributed by atoms with Crippen molar-refractivity contribution in [3.63, 3.8) is 0 Å². The Balaban J connectivity index is 1.51. The average molecular weight is 473 g/mol. The number of rotatable bonds is 5. The maximum absolute atomic E-state index is 13.8. The normalized spacial score (nSPS) is 17.0. The van der Waals surface area contributed by atoms with E-state index in [0.717, 1.165) is 48.4 Å². The first-order chi connectivity index (χ1) is 16.9. The van der Waals surface area contributed by atoms with Gasteiger partial charge in [-0.25, -0.2) is 4.68 Å². The van der Waals surface area contributed by atoms with Crippen molar-refractivity contribution in [2.24, 2.45) is 0 Å². The number of aromatic nitrogens is 2. The first kappa shape index (κ1) is 23.3. The molecule has 1 N–H and O–H groups in total. The van der Waals surface area contributed by atoms with E-state index in [4.69, 9.17) is 5.10 Å². The van der Waals surface area contributed by atoms with Crippen molar-refractivity contribution in [2.75, 3.05) is 22.9 Å². The topological polar surface area (TPSA) is 78.7 Å². The molecule has 5 rings (SSSR count). The smallest absolute Gasteiger partial charge is 0.277 e. The summed E-state index contributed by atoms with van der Waals surface area (Å²) >= 11 is 0. The molecule has 0 radical (unpaired) electrons. The number of carbonyl (C=O) groups is 2. The Hall–Kier alpha value is -3.45. The van der Waals surface area contributed by atoms with Crippen LogP contribution in [0.4, 0.5) is 11.4 Å². The Bertz CT molecular complexity index is 1280. The third kappa shape index (κ3) is 4.14. The Kier molecular flexibility index (Phi) is 6.19. The van der Waals surface area contributed by atoms with E-state index in [-0.39, 0.29) is 11.8 Å². The lowest BCUT2D eigenvalue weighted by atomic mass is 10.00. The van der Waals surface area contributed by atoms with Gasteiger partial charge in [0, 0.05) is 36.4 Å². The fraction of sp³-hybridized carbons (Fsp3) is 0.393. The van der Waals surface area contributed by atoms with Crippen LogP contribution in [-0.4, -0.2) is 39.8 Å². The average Bonchev–Trinajstić information content (AvgIpc) is 3.26. The minimum absolute atomic E-state index is 0.133. The van der Waals surface area contributed by atoms with Crippen LogP contribution in [0.2, 0.25) is 0 Å². The van der Waals surface area contributed by atoms with Gasteiger partial charge >= 0.3 is 0 Å². The van der Waals surface area contributed by atoms with Crippen LogP contribution in [0.25, 0.3) is 5.69 Å². The summed E-state index contributed by atoms with van der Waals surface area (Å²) in [5.74, 6) is 0.0212. The van der Waals surface area contributed by atoms with Crippen molar-refractivity contribution in [1.82, 2.24) is 9.78 Å². The van der Waals surface area contributed by atoms with Crippen LogP contribution in [0.5, 0.6) is 0 Å². The molecule has 1 saturated heterocycles. The standard InChI is InChI=1S/C28H32N4O3/c1-4-20-17-23(9-8-18(20)2)32-27-24(26(29-32)19(3)33)14-16-31(28(27)35)22-12-10-21(11-13-22)30-15-6-5-7-25(30)34/h8-13,17,19,33H,4-7,14-16H2,1-3H3. The third-order valence-electron chi connectivity index (χ3n) is 7.20. The molecule has 3 aromatic rings. The molecule has 3 heterocycles. The molecule has 1 fully saturated rings. The molecule has 1 unspecified atom stereocenters. The highest BCUT2D eigenvalue weighted by molar-refractivity contribution is 6.07. The number of amides is 2. The highest BCUT2D eigenvalue weighted by Crippen LogP contribution is 2.32. The number of nitrogens with zero attached hydrogens (tertiary/aromatic N) is 4. The number of hydrogen-bond acceptors (Lipinski definition) is 4. The van der Waals surface area contributed by atoms with E-state index in [2.05, 4.69) is 26.0 Å². The number of aliphatic hydroxyl groups excluding tert-OH is 1. The Morgan fingerprint density at radius 2 is 1.63 bits per heavy atom. The summed E-state index contributed by atoms with van der Waals surface area (Å²) in [5.41, 5.74) is 6.77. The Labute approximate surface area is 206 Å². The van der Waals surface area contributed by atoms with Crippen LogP contribution in [0.1, 0.15) is 72.1 Å². The zero-order valence-electron chi connectivity index (χ0n) is 20.6. The van der Waals surface area contributed by atoms with Gasteiger partial charge < -0.3 is 14.9 Å². The third-order valence-corrected chi connectivity index (χ3v) is 7.20. The molecule has 2 aliphatic rings. The van der Waals surface area contributed by atoms with Gasteiger partial charge in [0.2, 0.25) is 5.91 Å². The molecule has 182 valence electrons. The summed E-state index contributed by atoms with van der Waals surface area (Å²) in [6.07, 6.45) is 3.28. The molecule has 35 heavy (non-hydrogen) atoms. The van der Waals surface area contributed by atoms with Gasteiger partial charge in [0.25, 0.3) is 5.91 Å². The monoisotopic (exact) mass is 472 g/mol. The molecule has 7 nitrogen and oxygen atoms in total. The number of fused-ring (bicyclic) bond motifs is 1. The molecule has 2 amide bonds. The van der Waals surface area contributed by atoms with E-state index in [0.29, 0.717) is 30.8 Å². The van der Waals surface area contributed by atoms with E-state index < -0.39 is 6.10 Å². The van der Waals surface area contributed by atoms with Gasteiger partial charge in [0.1, 0.15) is 5.69 Å². The maximum atomic E-state index is 13.8. The van der Waals surface area contributed by atoms with Crippen LogP contribution in [-0.2, 0) is 17.6 Å². The Morgan fingerprint density at radius 3 is 2.29 bits per heavy atom. The summed E-state index contributed by atoms with van der Waals surface area (Å²) < 4.78 is 1.70. The molecule has 1 aromatic heterocycles. The van der Waals surface area contributed by atoms with Crippen LogP contribution in [0.15, 0.2) is 42.5 Å². The minimum atomic E-state index is -0.762. The molecular weight excluding hydrogens is 440 g/mol. The molecule has 2 aromatic carbocycles. The van der Waals surface area contributed by atoms with Crippen molar-refractivity contribution < 1.29 is 14.7 Å². The largest absolute Gasteiger partial charge is 0.387 e. The van der Waals surface area contributed by atoms with Gasteiger partial charge in [-0.1, -0.05) is 13.0 Å². The first-order valence-electron chi connectivity index (χ1n) is 12.5. The van der Waals surface area contributed by atoms with Crippen LogP contribution < -0.4 is 9.80 Å². The number of aryl methyl sites for hydroxylation is 2. The second kappa shape index (κ2) is 9.30. The molecule has 2 aliphatic heterocycles. The van der Waals surface area contributed by atoms with Crippen molar-refractivity contribution in [3.8, 4) is 5.69 Å². The zero-order valence-corrected chi connectivity index (χ0v) is 20.6. The van der Waals surface area contributed by atoms with Crippen LogP contribution >= 0.6 is 0 Å². The molecule has 1 atom stereocenters. The van der Waals surface area contributed by atoms with Gasteiger partial charge in [0.15, 0.2) is 0 Å². The number of carbonyl (C=O) groups excluding carboxylic acids is 2. The molecule has 0 spiro atoms. The zero-order chi connectivity index (χ0) is 24.7. The summed E-state index contributed by atoms with van der Waals surface area (Å²) in [6, 6.07) is 13.8. The van der Waals surface area contributed by atoms with Crippen molar-refractivity contribution >= 4 is 23.2 Å². The highest BCUT2D eigenvalue weighted by atomic mass is 16.3. The number of anilines is 2. The molecule has 0 saturated carbocycles. The summed E-state index contributed by atoms with van der Waals surface area (Å²) in [7, 11) is 0. The van der Waals surface area contributed by atoms with Gasteiger partial charge in [-0.05, 0) is 87.1 Å². The lowest BCUT2D eigenvalue weighted by Crippen LogP contribution is -2.39. The van der Waals surface area contributed by atoms with Gasteiger partial charge in [-0.15, -0.1) is 0 Å². The summed E-state index contributed by atoms with van der Waals surface area (Å²) in [6.45, 7) is 7.13. The predicted octanol–water partition coefficient (Wildman–Crippen LogP) is 4.52. The lowest BCUT2D eigenvalue weighted by molar-refractivity contribution is -0.119. The van der Waals surface area contributed by atoms with E-state index in [1.54, 1.807) is 16.5 Å². The molecule has 0 aliphatic carbocycles. The highest BCUT2D eigenvalue weighted by Gasteiger charge is 2.34. The van der Waals surface area contributed by atoms with E-state index in [1.807, 2.05) is 35.2 Å². The quantitative estimate of drug-likeness (QED) is 0.592. The number of aliphatic hydroxyl groups is 1. The number of hydrogen-bond donors (Lipinski definition) is 1. The lowest BCUT2D eigenvalue weighted by Gasteiger charge is -2.30. The first-order valence-corrected chi connectivity index (χ1v) is 12.5. The van der Waals surface area contributed by atoms with Crippen LogP contribution in [0, 0.1) is 6.92 Å². The number of piperidine rings is 1. The molecule has 0 bridgehead atoms. The van der Waals surface area contributed by atoms with E-state index in [1.165, 1.54) is 11.1 Å². The SMILES string of the molecule is CCc1cc(-n2nc(C(C)O)c3c2C(=O)N(c2ccc(N4CCCCC4=O)cc2)CC3)ccc1C. The summed E-state index contributed by atoms with van der Waals surface area (Å²) in [5, 5.41) is 15.1. The van der Waals surface area contributed by atoms with Gasteiger partial charge in [-0.2, -0.15) is 5.10 Å².